The highest BCUT2D eigenvalue weighted by atomic mass is 32.2. The van der Waals surface area contributed by atoms with Crippen LogP contribution in [0.3, 0.4) is 0 Å². The molecule has 0 aromatic rings. The average Bonchev–Trinajstić information content (AvgIpc) is 2.72. The smallest absolute Gasteiger partial charge is 0.129 e. The average molecular weight is 245 g/mol. The van der Waals surface area contributed by atoms with E-state index in [1.165, 1.54) is 0 Å². The first-order valence-electron chi connectivity index (χ1n) is 5.85. The second-order valence-electron chi connectivity index (χ2n) is 4.57. The molecule has 3 N–H and O–H groups in total. The molecule has 0 saturated carbocycles. The Morgan fingerprint density at radius 2 is 2.31 bits per heavy atom. The van der Waals surface area contributed by atoms with Gasteiger partial charge in [0, 0.05) is 17.4 Å². The number of thioether (sulfide) groups is 1. The van der Waals surface area contributed by atoms with Gasteiger partial charge in [0.15, 0.2) is 0 Å². The highest BCUT2D eigenvalue weighted by Crippen LogP contribution is 2.31. The molecule has 2 fully saturated rings. The maximum atomic E-state index is 11.1. The van der Waals surface area contributed by atoms with Crippen molar-refractivity contribution in [2.75, 3.05) is 5.75 Å². The number of hydrogen-bond acceptors (Lipinski definition) is 5. The molecule has 0 bridgehead atoms. The topological polar surface area (TPSA) is 68.6 Å². The van der Waals surface area contributed by atoms with E-state index in [-0.39, 0.29) is 11.1 Å². The van der Waals surface area contributed by atoms with Crippen LogP contribution in [0.1, 0.15) is 32.6 Å². The second kappa shape index (κ2) is 5.46. The Kier molecular flexibility index (Phi) is 4.21. The van der Waals surface area contributed by atoms with E-state index in [0.29, 0.717) is 23.8 Å². The molecule has 2 heterocycles. The normalized spacial score (nSPS) is 37.6. The van der Waals surface area contributed by atoms with Crippen LogP contribution >= 0.6 is 11.8 Å². The monoisotopic (exact) mass is 245 g/mol. The first-order chi connectivity index (χ1) is 7.66. The van der Waals surface area contributed by atoms with Crippen LogP contribution in [0.5, 0.6) is 0 Å². The number of carbonyl (C=O) groups is 1. The van der Waals surface area contributed by atoms with Crippen LogP contribution in [0.2, 0.25) is 0 Å². The lowest BCUT2D eigenvalue weighted by molar-refractivity contribution is -0.929. The van der Waals surface area contributed by atoms with Gasteiger partial charge in [0.2, 0.25) is 0 Å². The highest BCUT2D eigenvalue weighted by Gasteiger charge is 2.43. The zero-order valence-corrected chi connectivity index (χ0v) is 10.3. The number of unbranched alkanes of at least 4 members (excludes halogenated alkanes) is 1. The van der Waals surface area contributed by atoms with E-state index in [9.17, 15) is 10.0 Å². The third-order valence-electron chi connectivity index (χ3n) is 3.21. The molecule has 2 aliphatic rings. The van der Waals surface area contributed by atoms with Crippen molar-refractivity contribution in [1.82, 2.24) is 10.9 Å². The van der Waals surface area contributed by atoms with E-state index in [4.69, 9.17) is 0 Å². The highest BCUT2D eigenvalue weighted by molar-refractivity contribution is 8.00. The minimum atomic E-state index is -0.0240. The fraction of sp³-hybridized carbons (Fsp3) is 0.900. The predicted octanol–water partition coefficient (Wildman–Crippen LogP) is -0.606. The van der Waals surface area contributed by atoms with Crippen molar-refractivity contribution >= 4 is 17.5 Å². The Morgan fingerprint density at radius 3 is 3.06 bits per heavy atom. The minimum Gasteiger partial charge on any atom is -0.593 e. The maximum absolute atomic E-state index is 11.1. The summed E-state index contributed by atoms with van der Waals surface area (Å²) >= 11 is 1.93. The number of ketones is 1. The largest absolute Gasteiger partial charge is 0.593 e. The molecule has 0 amide bonds. The van der Waals surface area contributed by atoms with Crippen molar-refractivity contribution in [2.45, 2.75) is 49.9 Å². The summed E-state index contributed by atoms with van der Waals surface area (Å²) in [5.74, 6) is 1.29. The summed E-state index contributed by atoms with van der Waals surface area (Å²) in [6.45, 7) is 1.64. The lowest BCUT2D eigenvalue weighted by Crippen LogP contribution is -3.18. The van der Waals surface area contributed by atoms with Crippen LogP contribution in [-0.2, 0) is 4.79 Å². The summed E-state index contributed by atoms with van der Waals surface area (Å²) in [6, 6.07) is 0.616. The Morgan fingerprint density at radius 1 is 1.50 bits per heavy atom. The number of fused-ring (bicyclic) bond motifs is 1. The molecule has 4 atom stereocenters. The van der Waals surface area contributed by atoms with E-state index in [2.05, 4.69) is 10.9 Å². The molecule has 2 rings (SSSR count). The summed E-state index contributed by atoms with van der Waals surface area (Å²) in [5.41, 5.74) is 5.91. The van der Waals surface area contributed by atoms with E-state index in [1.54, 1.807) is 6.92 Å². The van der Waals surface area contributed by atoms with E-state index >= 15 is 0 Å². The van der Waals surface area contributed by atoms with Crippen LogP contribution < -0.4 is 16.1 Å². The number of rotatable bonds is 5. The second-order valence-corrected chi connectivity index (χ2v) is 5.84. The standard InChI is InChI=1S/C10H19N3O2S/c1-7(14)4-2-3-5-9-10-8(6-16-9)11-13(15)12-10/h8-13H,2-6H2,1H3/t8-,9-,10?/m0/s1. The van der Waals surface area contributed by atoms with Gasteiger partial charge in [-0.2, -0.15) is 11.8 Å². The summed E-state index contributed by atoms with van der Waals surface area (Å²) in [5, 5.41) is 11.6. The lowest BCUT2D eigenvalue weighted by Gasteiger charge is -2.18. The molecule has 0 radical (unpaired) electrons. The van der Waals surface area contributed by atoms with Gasteiger partial charge in [-0.05, 0) is 19.8 Å². The van der Waals surface area contributed by atoms with Gasteiger partial charge in [-0.1, -0.05) is 6.42 Å². The van der Waals surface area contributed by atoms with Crippen LogP contribution in [0.25, 0.3) is 0 Å². The van der Waals surface area contributed by atoms with Gasteiger partial charge in [-0.3, -0.25) is 0 Å². The van der Waals surface area contributed by atoms with E-state index in [0.717, 1.165) is 25.0 Å². The Bertz CT molecular complexity index is 264. The number of carbonyl (C=O) groups excluding carboxylic acids is 1. The fourth-order valence-electron chi connectivity index (χ4n) is 2.36. The Balaban J connectivity index is 1.68. The molecule has 0 spiro atoms. The Hall–Kier alpha value is -0.140. The molecule has 0 aliphatic carbocycles. The first-order valence-corrected chi connectivity index (χ1v) is 6.90. The molecule has 0 aromatic carbocycles. The van der Waals surface area contributed by atoms with E-state index < -0.39 is 0 Å². The molecule has 2 unspecified atom stereocenters. The molecule has 92 valence electrons. The van der Waals surface area contributed by atoms with Crippen molar-refractivity contribution in [3.63, 3.8) is 0 Å². The van der Waals surface area contributed by atoms with Gasteiger partial charge in [-0.15, -0.1) is 10.9 Å². The fourth-order valence-corrected chi connectivity index (χ4v) is 3.91. The van der Waals surface area contributed by atoms with Crippen molar-refractivity contribution in [1.29, 1.82) is 0 Å². The predicted molar refractivity (Wildman–Crippen MR) is 63.6 cm³/mol. The third kappa shape index (κ3) is 2.95. The van der Waals surface area contributed by atoms with Crippen molar-refractivity contribution in [3.05, 3.63) is 5.21 Å². The summed E-state index contributed by atoms with van der Waals surface area (Å²) in [7, 11) is 0. The molecule has 2 aliphatic heterocycles. The van der Waals surface area contributed by atoms with E-state index in [1.807, 2.05) is 11.8 Å². The van der Waals surface area contributed by atoms with Crippen molar-refractivity contribution in [3.8, 4) is 0 Å². The van der Waals surface area contributed by atoms with Gasteiger partial charge in [-0.25, -0.2) is 5.28 Å². The number of Topliss-reactive ketones (excluding diaryl/α,β-unsaturated/α-hetero) is 1. The van der Waals surface area contributed by atoms with Crippen LogP contribution in [0, 0.1) is 5.21 Å². The van der Waals surface area contributed by atoms with Gasteiger partial charge < -0.3 is 10.0 Å². The molecule has 0 aromatic heterocycles. The quantitative estimate of drug-likeness (QED) is 0.445. The third-order valence-corrected chi connectivity index (χ3v) is 4.71. The summed E-state index contributed by atoms with van der Waals surface area (Å²) in [4.78, 5) is 10.8. The van der Waals surface area contributed by atoms with Crippen LogP contribution in [0.4, 0.5) is 0 Å². The first kappa shape index (κ1) is 12.3. The lowest BCUT2D eigenvalue weighted by atomic mass is 10.0. The maximum Gasteiger partial charge on any atom is 0.129 e. The SMILES string of the molecule is CC(=O)CCCC[C@@H]1SC[C@@H]2N[NH+]([O-])NC21. The molecule has 16 heavy (non-hydrogen) atoms. The van der Waals surface area contributed by atoms with Crippen molar-refractivity contribution < 1.29 is 10.1 Å². The molecule has 5 nitrogen and oxygen atoms in total. The van der Waals surface area contributed by atoms with Gasteiger partial charge in [0.25, 0.3) is 0 Å². The molecular weight excluding hydrogens is 226 g/mol. The zero-order chi connectivity index (χ0) is 11.5. The number of hydrogen-bond donors (Lipinski definition) is 3. The van der Waals surface area contributed by atoms with Crippen molar-refractivity contribution in [2.24, 2.45) is 0 Å². The van der Waals surface area contributed by atoms with Crippen LogP contribution in [0.15, 0.2) is 0 Å². The molecule has 2 saturated heterocycles. The Labute approximate surface area is 99.8 Å². The van der Waals surface area contributed by atoms with Gasteiger partial charge >= 0.3 is 0 Å². The minimum absolute atomic E-state index is 0.0240. The molecular formula is C10H19N3O2S. The molecule has 6 heteroatoms. The van der Waals surface area contributed by atoms with Gasteiger partial charge in [0.1, 0.15) is 5.78 Å². The summed E-state index contributed by atoms with van der Waals surface area (Å²) < 4.78 is 0. The number of quaternary nitrogens is 1. The van der Waals surface area contributed by atoms with Crippen LogP contribution in [-0.4, -0.2) is 28.9 Å². The summed E-state index contributed by atoms with van der Waals surface area (Å²) in [6.07, 6.45) is 3.85. The number of nitrogens with one attached hydrogen (secondary N) is 3. The van der Waals surface area contributed by atoms with Gasteiger partial charge in [0.05, 0.1) is 12.1 Å². The zero-order valence-electron chi connectivity index (χ0n) is 9.49.